The predicted octanol–water partition coefficient (Wildman–Crippen LogP) is 3.89. The van der Waals surface area contributed by atoms with Crippen LogP contribution in [-0.2, 0) is 15.8 Å². The lowest BCUT2D eigenvalue weighted by Gasteiger charge is -2.20. The van der Waals surface area contributed by atoms with Crippen LogP contribution in [0.4, 0.5) is 24.5 Å². The Bertz CT molecular complexity index is 1150. The average molecular weight is 444 g/mol. The first-order chi connectivity index (χ1) is 15.3. The number of hydrogen-bond donors (Lipinski definition) is 1. The number of nitrogens with zero attached hydrogens (tertiary/aromatic N) is 3. The monoisotopic (exact) mass is 444 g/mol. The highest BCUT2D eigenvalue weighted by Crippen LogP contribution is 2.35. The van der Waals surface area contributed by atoms with Crippen molar-refractivity contribution in [2.45, 2.75) is 12.6 Å². The summed E-state index contributed by atoms with van der Waals surface area (Å²) in [5, 5.41) is 6.60. The second kappa shape index (κ2) is 8.37. The molecule has 0 saturated carbocycles. The molecule has 1 unspecified atom stereocenters. The molecule has 0 radical (unpaired) electrons. The minimum absolute atomic E-state index is 0.0447. The molecule has 166 valence electrons. The molecule has 0 bridgehead atoms. The van der Waals surface area contributed by atoms with E-state index in [-0.39, 0.29) is 30.2 Å². The number of hydrogen-bond acceptors (Lipinski definition) is 4. The van der Waals surface area contributed by atoms with E-state index in [0.29, 0.717) is 11.4 Å². The van der Waals surface area contributed by atoms with Gasteiger partial charge in [-0.1, -0.05) is 12.1 Å². The first kappa shape index (κ1) is 21.4. The van der Waals surface area contributed by atoms with Crippen LogP contribution >= 0.6 is 0 Å². The number of carbonyl (C=O) groups is 2. The van der Waals surface area contributed by atoms with Gasteiger partial charge in [0.15, 0.2) is 0 Å². The fourth-order valence-electron chi connectivity index (χ4n) is 3.63. The lowest BCUT2D eigenvalue weighted by molar-refractivity contribution is -0.137. The molecule has 0 aliphatic carbocycles. The quantitative estimate of drug-likeness (QED) is 0.648. The molecule has 1 aliphatic heterocycles. The first-order valence-electron chi connectivity index (χ1n) is 9.73. The maximum absolute atomic E-state index is 13.2. The van der Waals surface area contributed by atoms with Crippen molar-refractivity contribution in [2.75, 3.05) is 23.9 Å². The number of aromatic nitrogens is 2. The number of nitrogens with one attached hydrogen (secondary N) is 1. The zero-order chi connectivity index (χ0) is 22.9. The topological polar surface area (TPSA) is 76.5 Å². The van der Waals surface area contributed by atoms with Crippen molar-refractivity contribution < 1.29 is 27.5 Å². The van der Waals surface area contributed by atoms with Crippen LogP contribution in [0.5, 0.6) is 5.75 Å². The van der Waals surface area contributed by atoms with Gasteiger partial charge in [0.25, 0.3) is 0 Å². The molecule has 7 nitrogen and oxygen atoms in total. The SMILES string of the molecule is COc1ccccc1N1CC(C(=O)Nc2cc(C(F)(F)F)ccc2-n2cccn2)CC1=O. The van der Waals surface area contributed by atoms with Crippen LogP contribution in [0.15, 0.2) is 60.9 Å². The van der Waals surface area contributed by atoms with Crippen LogP contribution in [0.1, 0.15) is 12.0 Å². The van der Waals surface area contributed by atoms with E-state index >= 15 is 0 Å². The molecule has 1 aromatic heterocycles. The Hall–Kier alpha value is -3.82. The highest BCUT2D eigenvalue weighted by atomic mass is 19.4. The number of ether oxygens (including phenoxy) is 1. The third-order valence-electron chi connectivity index (χ3n) is 5.20. The van der Waals surface area contributed by atoms with Crippen molar-refractivity contribution in [3.05, 3.63) is 66.5 Å². The Morgan fingerprint density at radius 3 is 2.62 bits per heavy atom. The van der Waals surface area contributed by atoms with Gasteiger partial charge in [-0.3, -0.25) is 9.59 Å². The Morgan fingerprint density at radius 2 is 1.94 bits per heavy atom. The summed E-state index contributed by atoms with van der Waals surface area (Å²) in [5.74, 6) is -1.08. The van der Waals surface area contributed by atoms with Crippen molar-refractivity contribution in [1.29, 1.82) is 0 Å². The zero-order valence-electron chi connectivity index (χ0n) is 17.0. The molecule has 3 aromatic rings. The average Bonchev–Trinajstić information content (AvgIpc) is 3.43. The highest BCUT2D eigenvalue weighted by molar-refractivity contribution is 6.04. The number of para-hydroxylation sites is 2. The lowest BCUT2D eigenvalue weighted by Crippen LogP contribution is -2.28. The van der Waals surface area contributed by atoms with E-state index in [4.69, 9.17) is 4.74 Å². The van der Waals surface area contributed by atoms with Crippen LogP contribution < -0.4 is 15.0 Å². The molecule has 1 atom stereocenters. The van der Waals surface area contributed by atoms with Crippen molar-refractivity contribution in [3.63, 3.8) is 0 Å². The molecule has 0 spiro atoms. The molecule has 10 heteroatoms. The number of amides is 2. The van der Waals surface area contributed by atoms with Gasteiger partial charge < -0.3 is 15.0 Å². The molecule has 32 heavy (non-hydrogen) atoms. The van der Waals surface area contributed by atoms with Crippen molar-refractivity contribution in [1.82, 2.24) is 9.78 Å². The van der Waals surface area contributed by atoms with Crippen molar-refractivity contribution in [3.8, 4) is 11.4 Å². The van der Waals surface area contributed by atoms with Gasteiger partial charge in [-0.25, -0.2) is 4.68 Å². The van der Waals surface area contributed by atoms with E-state index in [1.165, 1.54) is 29.0 Å². The van der Waals surface area contributed by atoms with Gasteiger partial charge in [0.1, 0.15) is 5.75 Å². The molecule has 4 rings (SSSR count). The second-order valence-corrected chi connectivity index (χ2v) is 7.25. The number of methoxy groups -OCH3 is 1. The number of benzene rings is 2. The van der Waals surface area contributed by atoms with E-state index in [0.717, 1.165) is 12.1 Å². The number of halogens is 3. The summed E-state index contributed by atoms with van der Waals surface area (Å²) in [5.41, 5.74) is -0.132. The molecule has 2 aromatic carbocycles. The van der Waals surface area contributed by atoms with Crippen LogP contribution in [0.3, 0.4) is 0 Å². The third kappa shape index (κ3) is 4.16. The largest absolute Gasteiger partial charge is 0.495 e. The van der Waals surface area contributed by atoms with Gasteiger partial charge in [-0.05, 0) is 36.4 Å². The van der Waals surface area contributed by atoms with Crippen molar-refractivity contribution >= 4 is 23.2 Å². The summed E-state index contributed by atoms with van der Waals surface area (Å²) in [6.45, 7) is 0.0844. The first-order valence-corrected chi connectivity index (χ1v) is 9.73. The molecular formula is C22H19F3N4O3. The summed E-state index contributed by atoms with van der Waals surface area (Å²) in [6.07, 6.45) is -1.61. The van der Waals surface area contributed by atoms with E-state index in [2.05, 4.69) is 10.4 Å². The van der Waals surface area contributed by atoms with Crippen molar-refractivity contribution in [2.24, 2.45) is 5.92 Å². The van der Waals surface area contributed by atoms with Crippen LogP contribution in [-0.4, -0.2) is 35.2 Å². The van der Waals surface area contributed by atoms with Gasteiger partial charge in [0, 0.05) is 25.4 Å². The molecule has 1 N–H and O–H groups in total. The second-order valence-electron chi connectivity index (χ2n) is 7.25. The zero-order valence-corrected chi connectivity index (χ0v) is 17.0. The van der Waals surface area contributed by atoms with Crippen LogP contribution in [0.2, 0.25) is 0 Å². The van der Waals surface area contributed by atoms with E-state index < -0.39 is 23.6 Å². The normalized spacial score (nSPS) is 16.3. The minimum atomic E-state index is -4.58. The van der Waals surface area contributed by atoms with Gasteiger partial charge >= 0.3 is 6.18 Å². The Labute approximate surface area is 181 Å². The molecular weight excluding hydrogens is 425 g/mol. The van der Waals surface area contributed by atoms with E-state index in [1.807, 2.05) is 0 Å². The predicted molar refractivity (Wildman–Crippen MR) is 111 cm³/mol. The number of rotatable bonds is 5. The summed E-state index contributed by atoms with van der Waals surface area (Å²) in [4.78, 5) is 27.0. The van der Waals surface area contributed by atoms with E-state index in [9.17, 15) is 22.8 Å². The summed E-state index contributed by atoms with van der Waals surface area (Å²) >= 11 is 0. The highest BCUT2D eigenvalue weighted by Gasteiger charge is 2.37. The smallest absolute Gasteiger partial charge is 0.416 e. The Morgan fingerprint density at radius 1 is 1.16 bits per heavy atom. The summed E-state index contributed by atoms with van der Waals surface area (Å²) < 4.78 is 46.4. The molecule has 1 aliphatic rings. The lowest BCUT2D eigenvalue weighted by atomic mass is 10.1. The fraction of sp³-hybridized carbons (Fsp3) is 0.227. The number of carbonyl (C=O) groups excluding carboxylic acids is 2. The molecule has 1 fully saturated rings. The Balaban J connectivity index is 1.59. The summed E-state index contributed by atoms with van der Waals surface area (Å²) in [6, 6.07) is 11.6. The third-order valence-corrected chi connectivity index (χ3v) is 5.20. The molecule has 2 amide bonds. The number of alkyl halides is 3. The number of anilines is 2. The molecule has 1 saturated heterocycles. The van der Waals surface area contributed by atoms with Crippen LogP contribution in [0.25, 0.3) is 5.69 Å². The minimum Gasteiger partial charge on any atom is -0.495 e. The van der Waals surface area contributed by atoms with Gasteiger partial charge in [-0.2, -0.15) is 18.3 Å². The van der Waals surface area contributed by atoms with Gasteiger partial charge in [-0.15, -0.1) is 0 Å². The Kier molecular flexibility index (Phi) is 5.60. The van der Waals surface area contributed by atoms with Gasteiger partial charge in [0.05, 0.1) is 35.7 Å². The fourth-order valence-corrected chi connectivity index (χ4v) is 3.63. The van der Waals surface area contributed by atoms with Gasteiger partial charge in [0.2, 0.25) is 11.8 Å². The standard InChI is InChI=1S/C22H19F3N4O3/c1-32-19-6-3-2-5-18(19)28-13-14(11-20(28)30)21(31)27-16-12-15(22(23,24)25)7-8-17(16)29-10-4-9-26-29/h2-10,12,14H,11,13H2,1H3,(H,27,31). The maximum Gasteiger partial charge on any atom is 0.416 e. The maximum atomic E-state index is 13.2. The molecule has 2 heterocycles. The van der Waals surface area contributed by atoms with E-state index in [1.54, 1.807) is 36.5 Å². The summed E-state index contributed by atoms with van der Waals surface area (Å²) in [7, 11) is 1.48. The van der Waals surface area contributed by atoms with Crippen LogP contribution in [0, 0.1) is 5.92 Å².